The van der Waals surface area contributed by atoms with Crippen LogP contribution in [-0.4, -0.2) is 48.1 Å². The molecule has 20 heavy (non-hydrogen) atoms. The predicted molar refractivity (Wildman–Crippen MR) is 77.8 cm³/mol. The Hall–Kier alpha value is -1.40. The van der Waals surface area contributed by atoms with Crippen LogP contribution in [0.25, 0.3) is 0 Å². The number of carboxylic acids is 1. The van der Waals surface area contributed by atoms with E-state index in [0.717, 1.165) is 6.42 Å². The lowest BCUT2D eigenvalue weighted by Gasteiger charge is -2.14. The van der Waals surface area contributed by atoms with Crippen LogP contribution < -0.4 is 5.32 Å². The molecule has 1 aromatic rings. The number of nitrogens with one attached hydrogen (secondary N) is 1. The molecular weight excluding hydrogens is 276 g/mol. The van der Waals surface area contributed by atoms with Crippen molar-refractivity contribution in [2.45, 2.75) is 13.3 Å². The summed E-state index contributed by atoms with van der Waals surface area (Å²) in [6, 6.07) is 4.05. The molecule has 5 nitrogen and oxygen atoms in total. The van der Waals surface area contributed by atoms with Crippen LogP contribution >= 0.6 is 11.3 Å². The second-order valence-electron chi connectivity index (χ2n) is 5.30. The molecule has 1 amide bonds. The SMILES string of the molecule is C[C@@H]1CN(CC(=O)NCCc2cccs2)C[C@H]1C(=O)O. The van der Waals surface area contributed by atoms with Crippen molar-refractivity contribution in [3.05, 3.63) is 22.4 Å². The minimum Gasteiger partial charge on any atom is -0.481 e. The number of thiophene rings is 1. The van der Waals surface area contributed by atoms with Gasteiger partial charge in [-0.2, -0.15) is 0 Å². The van der Waals surface area contributed by atoms with E-state index in [2.05, 4.69) is 11.4 Å². The summed E-state index contributed by atoms with van der Waals surface area (Å²) in [6.07, 6.45) is 0.845. The van der Waals surface area contributed by atoms with Crippen LogP contribution in [0.1, 0.15) is 11.8 Å². The summed E-state index contributed by atoms with van der Waals surface area (Å²) >= 11 is 1.68. The van der Waals surface area contributed by atoms with Crippen LogP contribution in [0.2, 0.25) is 0 Å². The first-order valence-corrected chi connectivity index (χ1v) is 7.68. The highest BCUT2D eigenvalue weighted by molar-refractivity contribution is 7.09. The lowest BCUT2D eigenvalue weighted by molar-refractivity contribution is -0.142. The van der Waals surface area contributed by atoms with Gasteiger partial charge in [-0.3, -0.25) is 14.5 Å². The Morgan fingerprint density at radius 1 is 1.50 bits per heavy atom. The third kappa shape index (κ3) is 4.05. The van der Waals surface area contributed by atoms with Gasteiger partial charge in [0.25, 0.3) is 0 Å². The van der Waals surface area contributed by atoms with E-state index < -0.39 is 5.97 Å². The van der Waals surface area contributed by atoms with Gasteiger partial charge in [-0.15, -0.1) is 11.3 Å². The van der Waals surface area contributed by atoms with Crippen molar-refractivity contribution in [3.8, 4) is 0 Å². The molecule has 1 aliphatic heterocycles. The Kier molecular flexibility index (Phi) is 5.14. The molecule has 1 aliphatic rings. The van der Waals surface area contributed by atoms with Gasteiger partial charge in [0.05, 0.1) is 12.5 Å². The van der Waals surface area contributed by atoms with E-state index in [4.69, 9.17) is 5.11 Å². The van der Waals surface area contributed by atoms with Gasteiger partial charge in [0.1, 0.15) is 0 Å². The quantitative estimate of drug-likeness (QED) is 0.823. The van der Waals surface area contributed by atoms with Crippen molar-refractivity contribution in [1.29, 1.82) is 0 Å². The number of nitrogens with zero attached hydrogens (tertiary/aromatic N) is 1. The molecule has 0 aromatic carbocycles. The van der Waals surface area contributed by atoms with Crippen molar-refractivity contribution in [2.75, 3.05) is 26.2 Å². The fourth-order valence-electron chi connectivity index (χ4n) is 2.56. The molecule has 6 heteroatoms. The third-order valence-electron chi connectivity index (χ3n) is 3.65. The highest BCUT2D eigenvalue weighted by atomic mass is 32.1. The number of amides is 1. The predicted octanol–water partition coefficient (Wildman–Crippen LogP) is 1.06. The summed E-state index contributed by atoms with van der Waals surface area (Å²) < 4.78 is 0. The second-order valence-corrected chi connectivity index (χ2v) is 6.33. The third-order valence-corrected chi connectivity index (χ3v) is 4.58. The number of rotatable bonds is 6. The van der Waals surface area contributed by atoms with Crippen LogP contribution in [0.5, 0.6) is 0 Å². The molecule has 0 radical (unpaired) electrons. The summed E-state index contributed by atoms with van der Waals surface area (Å²) in [5, 5.41) is 14.0. The Labute approximate surface area is 122 Å². The number of likely N-dealkylation sites (tertiary alicyclic amines) is 1. The molecule has 0 spiro atoms. The summed E-state index contributed by atoms with van der Waals surface area (Å²) in [5.74, 6) is -1.04. The van der Waals surface area contributed by atoms with Crippen LogP contribution in [0, 0.1) is 11.8 Å². The maximum atomic E-state index is 11.8. The molecule has 0 saturated carbocycles. The first-order valence-electron chi connectivity index (χ1n) is 6.80. The molecule has 2 atom stereocenters. The van der Waals surface area contributed by atoms with E-state index in [1.165, 1.54) is 4.88 Å². The lowest BCUT2D eigenvalue weighted by atomic mass is 9.99. The number of hydrogen-bond acceptors (Lipinski definition) is 4. The van der Waals surface area contributed by atoms with Crippen LogP contribution in [0.3, 0.4) is 0 Å². The van der Waals surface area contributed by atoms with E-state index >= 15 is 0 Å². The number of aliphatic carboxylic acids is 1. The fraction of sp³-hybridized carbons (Fsp3) is 0.571. The van der Waals surface area contributed by atoms with Gasteiger partial charge < -0.3 is 10.4 Å². The van der Waals surface area contributed by atoms with Gasteiger partial charge in [-0.1, -0.05) is 13.0 Å². The first kappa shape index (κ1) is 15.0. The zero-order valence-corrected chi connectivity index (χ0v) is 12.4. The number of carboxylic acid groups (broad SMARTS) is 1. The average Bonchev–Trinajstić information content (AvgIpc) is 2.99. The van der Waals surface area contributed by atoms with E-state index in [9.17, 15) is 9.59 Å². The van der Waals surface area contributed by atoms with Gasteiger partial charge >= 0.3 is 5.97 Å². The van der Waals surface area contributed by atoms with Gasteiger partial charge in [-0.05, 0) is 23.8 Å². The van der Waals surface area contributed by atoms with Crippen LogP contribution in [-0.2, 0) is 16.0 Å². The van der Waals surface area contributed by atoms with Crippen molar-refractivity contribution >= 4 is 23.2 Å². The lowest BCUT2D eigenvalue weighted by Crippen LogP contribution is -2.37. The van der Waals surface area contributed by atoms with Crippen LogP contribution in [0.15, 0.2) is 17.5 Å². The zero-order valence-electron chi connectivity index (χ0n) is 11.5. The maximum absolute atomic E-state index is 11.8. The monoisotopic (exact) mass is 296 g/mol. The standard InChI is InChI=1S/C14H20N2O3S/c1-10-7-16(8-12(10)14(18)19)9-13(17)15-5-4-11-3-2-6-20-11/h2-3,6,10,12H,4-5,7-9H2,1H3,(H,15,17)(H,18,19)/t10-,12-/m1/s1. The Morgan fingerprint density at radius 3 is 2.90 bits per heavy atom. The second kappa shape index (κ2) is 6.85. The van der Waals surface area contributed by atoms with E-state index in [1.54, 1.807) is 11.3 Å². The van der Waals surface area contributed by atoms with Gasteiger partial charge in [-0.25, -0.2) is 0 Å². The van der Waals surface area contributed by atoms with Crippen molar-refractivity contribution in [1.82, 2.24) is 10.2 Å². The summed E-state index contributed by atoms with van der Waals surface area (Å²) in [6.45, 7) is 3.99. The smallest absolute Gasteiger partial charge is 0.308 e. The highest BCUT2D eigenvalue weighted by Crippen LogP contribution is 2.22. The Bertz CT molecular complexity index is 461. The van der Waals surface area contributed by atoms with Gasteiger partial charge in [0.15, 0.2) is 0 Å². The minimum atomic E-state index is -0.766. The van der Waals surface area contributed by atoms with Crippen molar-refractivity contribution in [2.24, 2.45) is 11.8 Å². The number of carbonyl (C=O) groups is 2. The van der Waals surface area contributed by atoms with Gasteiger partial charge in [0, 0.05) is 24.5 Å². The number of hydrogen-bond donors (Lipinski definition) is 2. The number of carbonyl (C=O) groups excluding carboxylic acids is 1. The zero-order chi connectivity index (χ0) is 14.5. The molecule has 1 aromatic heterocycles. The maximum Gasteiger partial charge on any atom is 0.308 e. The molecule has 2 N–H and O–H groups in total. The average molecular weight is 296 g/mol. The van der Waals surface area contributed by atoms with E-state index in [-0.39, 0.29) is 17.7 Å². The van der Waals surface area contributed by atoms with Crippen LogP contribution in [0.4, 0.5) is 0 Å². The molecule has 2 rings (SSSR count). The van der Waals surface area contributed by atoms with Gasteiger partial charge in [0.2, 0.25) is 5.91 Å². The molecule has 0 unspecified atom stereocenters. The molecular formula is C14H20N2O3S. The summed E-state index contributed by atoms with van der Waals surface area (Å²) in [5.41, 5.74) is 0. The molecule has 110 valence electrons. The fourth-order valence-corrected chi connectivity index (χ4v) is 3.27. The normalized spacial score (nSPS) is 22.9. The first-order chi connectivity index (χ1) is 9.56. The van der Waals surface area contributed by atoms with Crippen molar-refractivity contribution in [3.63, 3.8) is 0 Å². The highest BCUT2D eigenvalue weighted by Gasteiger charge is 2.35. The molecule has 0 bridgehead atoms. The van der Waals surface area contributed by atoms with E-state index in [0.29, 0.717) is 26.2 Å². The Balaban J connectivity index is 1.68. The molecule has 2 heterocycles. The molecule has 0 aliphatic carbocycles. The largest absolute Gasteiger partial charge is 0.481 e. The molecule has 1 saturated heterocycles. The summed E-state index contributed by atoms with van der Waals surface area (Å²) in [7, 11) is 0. The molecule has 1 fully saturated rings. The summed E-state index contributed by atoms with van der Waals surface area (Å²) in [4.78, 5) is 26.0. The Morgan fingerprint density at radius 2 is 2.30 bits per heavy atom. The van der Waals surface area contributed by atoms with Crippen molar-refractivity contribution < 1.29 is 14.7 Å². The topological polar surface area (TPSA) is 69.6 Å². The minimum absolute atomic E-state index is 0.0280. The van der Waals surface area contributed by atoms with E-state index in [1.807, 2.05) is 23.3 Å².